The van der Waals surface area contributed by atoms with Gasteiger partial charge in [-0.25, -0.2) is 14.3 Å². The first kappa shape index (κ1) is 13.5. The average molecular weight is 275 g/mol. The maximum Gasteiger partial charge on any atom is 0.336 e. The third kappa shape index (κ3) is 2.91. The monoisotopic (exact) mass is 275 g/mol. The predicted octanol–water partition coefficient (Wildman–Crippen LogP) is 1.47. The van der Waals surface area contributed by atoms with E-state index in [9.17, 15) is 9.59 Å². The average Bonchev–Trinajstić information content (AvgIpc) is 2.77. The standard InChI is InChI=1S/C12H13N5O3/c1-7-3-4-8(5-9(7)10(18)19)15-12(20)16-11-13-6-14-17(11)2/h3-6H,1-2H3,(H,18,19)(H2,13,14,15,16,20). The second kappa shape index (κ2) is 5.39. The van der Waals surface area contributed by atoms with Crippen LogP contribution in [0.2, 0.25) is 0 Å². The fraction of sp³-hybridized carbons (Fsp3) is 0.167. The number of rotatable bonds is 3. The summed E-state index contributed by atoms with van der Waals surface area (Å²) in [4.78, 5) is 26.6. The van der Waals surface area contributed by atoms with Crippen molar-refractivity contribution in [2.24, 2.45) is 7.05 Å². The maximum atomic E-state index is 11.7. The molecular weight excluding hydrogens is 262 g/mol. The van der Waals surface area contributed by atoms with Gasteiger partial charge >= 0.3 is 12.0 Å². The number of aromatic nitrogens is 3. The van der Waals surface area contributed by atoms with E-state index in [1.807, 2.05) is 0 Å². The zero-order chi connectivity index (χ0) is 14.7. The van der Waals surface area contributed by atoms with Crippen LogP contribution in [-0.2, 0) is 7.05 Å². The SMILES string of the molecule is Cc1ccc(NC(=O)Nc2ncnn2C)cc1C(=O)O. The normalized spacial score (nSPS) is 10.1. The van der Waals surface area contributed by atoms with Gasteiger partial charge in [-0.15, -0.1) is 0 Å². The molecule has 0 spiro atoms. The number of benzene rings is 1. The van der Waals surface area contributed by atoms with E-state index in [1.165, 1.54) is 17.1 Å². The molecule has 0 fully saturated rings. The summed E-state index contributed by atoms with van der Waals surface area (Å²) in [5.74, 6) is -0.757. The molecule has 20 heavy (non-hydrogen) atoms. The molecule has 0 saturated carbocycles. The van der Waals surface area contributed by atoms with Crippen molar-refractivity contribution in [3.8, 4) is 0 Å². The number of nitrogens with zero attached hydrogens (tertiary/aromatic N) is 3. The molecule has 8 nitrogen and oxygen atoms in total. The van der Waals surface area contributed by atoms with E-state index >= 15 is 0 Å². The van der Waals surface area contributed by atoms with Gasteiger partial charge in [-0.2, -0.15) is 10.1 Å². The van der Waals surface area contributed by atoms with E-state index in [4.69, 9.17) is 5.11 Å². The molecule has 1 heterocycles. The molecule has 0 aliphatic carbocycles. The number of carbonyl (C=O) groups is 2. The number of aryl methyl sites for hydroxylation is 2. The number of amides is 2. The topological polar surface area (TPSA) is 109 Å². The first-order valence-electron chi connectivity index (χ1n) is 5.73. The second-order valence-corrected chi connectivity index (χ2v) is 4.12. The lowest BCUT2D eigenvalue weighted by Gasteiger charge is -2.08. The van der Waals surface area contributed by atoms with E-state index in [0.29, 0.717) is 11.3 Å². The Hall–Kier alpha value is -2.90. The predicted molar refractivity (Wildman–Crippen MR) is 71.8 cm³/mol. The fourth-order valence-corrected chi connectivity index (χ4v) is 1.60. The lowest BCUT2D eigenvalue weighted by atomic mass is 10.1. The summed E-state index contributed by atoms with van der Waals surface area (Å²) >= 11 is 0. The fourth-order valence-electron chi connectivity index (χ4n) is 1.60. The smallest absolute Gasteiger partial charge is 0.336 e. The van der Waals surface area contributed by atoms with Crippen LogP contribution in [0.1, 0.15) is 15.9 Å². The summed E-state index contributed by atoms with van der Waals surface area (Å²) in [5.41, 5.74) is 1.14. The molecule has 0 radical (unpaired) electrons. The van der Waals surface area contributed by atoms with E-state index in [2.05, 4.69) is 20.7 Å². The number of hydrogen-bond acceptors (Lipinski definition) is 4. The molecule has 0 saturated heterocycles. The molecule has 8 heteroatoms. The van der Waals surface area contributed by atoms with E-state index < -0.39 is 12.0 Å². The highest BCUT2D eigenvalue weighted by molar-refractivity contribution is 6.00. The van der Waals surface area contributed by atoms with Gasteiger partial charge in [-0.1, -0.05) is 6.07 Å². The van der Waals surface area contributed by atoms with Crippen molar-refractivity contribution >= 4 is 23.6 Å². The Bertz CT molecular complexity index is 665. The Morgan fingerprint density at radius 2 is 2.05 bits per heavy atom. The van der Waals surface area contributed by atoms with Crippen molar-refractivity contribution in [1.82, 2.24) is 14.8 Å². The van der Waals surface area contributed by atoms with Gasteiger partial charge in [0.2, 0.25) is 5.95 Å². The zero-order valence-corrected chi connectivity index (χ0v) is 10.9. The number of hydrogen-bond donors (Lipinski definition) is 3. The summed E-state index contributed by atoms with van der Waals surface area (Å²) in [6.07, 6.45) is 1.31. The van der Waals surface area contributed by atoms with Gasteiger partial charge in [-0.3, -0.25) is 5.32 Å². The lowest BCUT2D eigenvalue weighted by Crippen LogP contribution is -2.21. The van der Waals surface area contributed by atoms with Gasteiger partial charge in [0.25, 0.3) is 0 Å². The molecule has 2 aromatic rings. The number of carboxylic acid groups (broad SMARTS) is 1. The van der Waals surface area contributed by atoms with Gasteiger partial charge < -0.3 is 10.4 Å². The minimum atomic E-state index is -1.04. The summed E-state index contributed by atoms with van der Waals surface area (Å²) in [7, 11) is 1.64. The van der Waals surface area contributed by atoms with Crippen LogP contribution >= 0.6 is 0 Å². The van der Waals surface area contributed by atoms with Crippen molar-refractivity contribution in [1.29, 1.82) is 0 Å². The summed E-state index contributed by atoms with van der Waals surface area (Å²) < 4.78 is 1.40. The summed E-state index contributed by atoms with van der Waals surface area (Å²) in [6, 6.07) is 4.12. The van der Waals surface area contributed by atoms with E-state index in [-0.39, 0.29) is 11.5 Å². The van der Waals surface area contributed by atoms with Crippen LogP contribution in [0, 0.1) is 6.92 Å². The first-order valence-corrected chi connectivity index (χ1v) is 5.73. The van der Waals surface area contributed by atoms with Crippen LogP contribution < -0.4 is 10.6 Å². The number of aromatic carboxylic acids is 1. The summed E-state index contributed by atoms with van der Waals surface area (Å²) in [5, 5.41) is 17.9. The Labute approximate surface area is 114 Å². The second-order valence-electron chi connectivity index (χ2n) is 4.12. The number of nitrogens with one attached hydrogen (secondary N) is 2. The highest BCUT2D eigenvalue weighted by Crippen LogP contribution is 2.15. The Balaban J connectivity index is 2.10. The van der Waals surface area contributed by atoms with Gasteiger partial charge in [0.15, 0.2) is 0 Å². The van der Waals surface area contributed by atoms with Gasteiger partial charge in [0, 0.05) is 12.7 Å². The molecule has 0 aliphatic rings. The number of carbonyl (C=O) groups excluding carboxylic acids is 1. The third-order valence-electron chi connectivity index (χ3n) is 2.66. The molecule has 104 valence electrons. The molecule has 1 aromatic heterocycles. The van der Waals surface area contributed by atoms with Crippen molar-refractivity contribution in [3.63, 3.8) is 0 Å². The first-order chi connectivity index (χ1) is 9.47. The Kier molecular flexibility index (Phi) is 3.65. The molecule has 3 N–H and O–H groups in total. The minimum Gasteiger partial charge on any atom is -0.478 e. The number of urea groups is 1. The highest BCUT2D eigenvalue weighted by atomic mass is 16.4. The molecular formula is C12H13N5O3. The maximum absolute atomic E-state index is 11.7. The van der Waals surface area contributed by atoms with Gasteiger partial charge in [-0.05, 0) is 24.6 Å². The Morgan fingerprint density at radius 1 is 1.30 bits per heavy atom. The summed E-state index contributed by atoms with van der Waals surface area (Å²) in [6.45, 7) is 1.69. The third-order valence-corrected chi connectivity index (χ3v) is 2.66. The molecule has 0 aliphatic heterocycles. The highest BCUT2D eigenvalue weighted by Gasteiger charge is 2.10. The Morgan fingerprint density at radius 3 is 2.65 bits per heavy atom. The van der Waals surface area contributed by atoms with Crippen LogP contribution in [0.4, 0.5) is 16.4 Å². The van der Waals surface area contributed by atoms with Gasteiger partial charge in [0.05, 0.1) is 5.56 Å². The van der Waals surface area contributed by atoms with Crippen molar-refractivity contribution in [3.05, 3.63) is 35.7 Å². The van der Waals surface area contributed by atoms with Crippen molar-refractivity contribution in [2.75, 3.05) is 10.6 Å². The zero-order valence-electron chi connectivity index (χ0n) is 10.9. The number of anilines is 2. The van der Waals surface area contributed by atoms with Crippen LogP contribution in [0.3, 0.4) is 0 Å². The van der Waals surface area contributed by atoms with Crippen LogP contribution in [0.15, 0.2) is 24.5 Å². The number of carboxylic acids is 1. The minimum absolute atomic E-state index is 0.140. The molecule has 0 unspecified atom stereocenters. The van der Waals surface area contributed by atoms with E-state index in [0.717, 1.165) is 0 Å². The quantitative estimate of drug-likeness (QED) is 0.785. The molecule has 2 rings (SSSR count). The van der Waals surface area contributed by atoms with Crippen LogP contribution in [0.25, 0.3) is 0 Å². The van der Waals surface area contributed by atoms with Crippen molar-refractivity contribution in [2.45, 2.75) is 6.92 Å². The molecule has 0 atom stereocenters. The van der Waals surface area contributed by atoms with E-state index in [1.54, 1.807) is 26.1 Å². The lowest BCUT2D eigenvalue weighted by molar-refractivity contribution is 0.0696. The van der Waals surface area contributed by atoms with Crippen LogP contribution in [-0.4, -0.2) is 31.9 Å². The largest absolute Gasteiger partial charge is 0.478 e. The molecule has 1 aromatic carbocycles. The molecule has 0 bridgehead atoms. The van der Waals surface area contributed by atoms with Crippen molar-refractivity contribution < 1.29 is 14.7 Å². The van der Waals surface area contributed by atoms with Crippen LogP contribution in [0.5, 0.6) is 0 Å². The molecule has 2 amide bonds. The van der Waals surface area contributed by atoms with Gasteiger partial charge in [0.1, 0.15) is 6.33 Å².